The quantitative estimate of drug-likeness (QED) is 0.584. The zero-order valence-electron chi connectivity index (χ0n) is 7.63. The smallest absolute Gasteiger partial charge is 0.0276 e. The van der Waals surface area contributed by atoms with Gasteiger partial charge in [-0.05, 0) is 6.26 Å². The monoisotopic (exact) mass is 171 g/mol. The highest BCUT2D eigenvalue weighted by molar-refractivity contribution is 7.99. The number of hydrogen-bond donors (Lipinski definition) is 0. The Kier molecular flexibility index (Phi) is 5.12. The molecule has 0 heterocycles. The average molecular weight is 171 g/mol. The van der Waals surface area contributed by atoms with Gasteiger partial charge in [-0.2, -0.15) is 11.8 Å². The lowest BCUT2D eigenvalue weighted by molar-refractivity contribution is 0.492. The fourth-order valence-corrected chi connectivity index (χ4v) is 1.23. The Hall–Kier alpha value is -0.370. The number of nitrogens with zero attached hydrogens (tertiary/aromatic N) is 1. The molecule has 0 aliphatic carbocycles. The van der Waals surface area contributed by atoms with Crippen LogP contribution in [0.2, 0.25) is 0 Å². The molecule has 0 aliphatic heterocycles. The van der Waals surface area contributed by atoms with Gasteiger partial charge in [-0.25, -0.2) is 0 Å². The van der Waals surface area contributed by atoms with Crippen LogP contribution in [0.15, 0.2) is 24.9 Å². The first-order valence-corrected chi connectivity index (χ1v) is 4.91. The van der Waals surface area contributed by atoms with E-state index in [1.54, 1.807) is 0 Å². The molecule has 1 unspecified atom stereocenters. The van der Waals surface area contributed by atoms with Crippen LogP contribution in [-0.4, -0.2) is 30.5 Å². The summed E-state index contributed by atoms with van der Waals surface area (Å²) in [6.07, 6.45) is 5.06. The van der Waals surface area contributed by atoms with Crippen LogP contribution in [0.25, 0.3) is 0 Å². The van der Waals surface area contributed by atoms with Crippen LogP contribution in [0.5, 0.6) is 0 Å². The second-order valence-electron chi connectivity index (χ2n) is 2.67. The molecule has 0 saturated carbocycles. The van der Waals surface area contributed by atoms with Crippen LogP contribution in [0.4, 0.5) is 0 Å². The summed E-state index contributed by atoms with van der Waals surface area (Å²) in [6.45, 7) is 7.72. The summed E-state index contributed by atoms with van der Waals surface area (Å²) in [4.78, 5) is 2.05. The van der Waals surface area contributed by atoms with Gasteiger partial charge in [-0.3, -0.25) is 0 Å². The van der Waals surface area contributed by atoms with Gasteiger partial charge in [0, 0.05) is 31.5 Å². The maximum Gasteiger partial charge on any atom is 0.0276 e. The first kappa shape index (κ1) is 10.6. The van der Waals surface area contributed by atoms with Crippen LogP contribution in [0.3, 0.4) is 0 Å². The average Bonchev–Trinajstić information content (AvgIpc) is 1.99. The fourth-order valence-electron chi connectivity index (χ4n) is 0.678. The molecule has 0 aromatic carbocycles. The van der Waals surface area contributed by atoms with Crippen molar-refractivity contribution in [2.75, 3.05) is 20.4 Å². The number of thioether (sulfide) groups is 1. The Labute approximate surface area is 74.2 Å². The zero-order valence-corrected chi connectivity index (χ0v) is 8.45. The van der Waals surface area contributed by atoms with E-state index in [4.69, 9.17) is 0 Å². The molecule has 1 atom stereocenters. The van der Waals surface area contributed by atoms with Gasteiger partial charge in [0.2, 0.25) is 0 Å². The molecule has 0 aromatic rings. The molecule has 2 heteroatoms. The molecule has 0 aromatic heterocycles. The largest absolute Gasteiger partial charge is 0.381 e. The van der Waals surface area contributed by atoms with E-state index in [9.17, 15) is 0 Å². The molecule has 0 amide bonds. The van der Waals surface area contributed by atoms with Crippen molar-refractivity contribution < 1.29 is 0 Å². The van der Waals surface area contributed by atoms with Crippen molar-refractivity contribution in [1.82, 2.24) is 4.90 Å². The highest BCUT2D eigenvalue weighted by Crippen LogP contribution is 2.17. The first-order chi connectivity index (χ1) is 5.11. The molecule has 1 nitrogen and oxygen atoms in total. The molecule has 11 heavy (non-hydrogen) atoms. The lowest BCUT2D eigenvalue weighted by atomic mass is 10.2. The molecule has 0 rings (SSSR count). The third kappa shape index (κ3) is 4.14. The third-order valence-corrected chi connectivity index (χ3v) is 2.60. The fraction of sp³-hybridized carbons (Fsp3) is 0.556. The molecule has 0 spiro atoms. The molecular formula is C9H17NS. The summed E-state index contributed by atoms with van der Waals surface area (Å²) >= 11 is 1.81. The maximum atomic E-state index is 3.95. The van der Waals surface area contributed by atoms with E-state index in [0.717, 1.165) is 12.1 Å². The summed E-state index contributed by atoms with van der Waals surface area (Å²) < 4.78 is 0. The molecule has 0 bridgehead atoms. The van der Waals surface area contributed by atoms with E-state index in [1.165, 1.54) is 0 Å². The second-order valence-corrected chi connectivity index (χ2v) is 3.75. The summed E-state index contributed by atoms with van der Waals surface area (Å²) in [5.74, 6) is 0. The van der Waals surface area contributed by atoms with Gasteiger partial charge in [0.15, 0.2) is 0 Å². The minimum absolute atomic E-state index is 0.505. The second kappa shape index (κ2) is 5.30. The molecule has 0 saturated heterocycles. The van der Waals surface area contributed by atoms with Crippen molar-refractivity contribution in [2.45, 2.75) is 11.7 Å². The van der Waals surface area contributed by atoms with Crippen molar-refractivity contribution in [3.8, 4) is 0 Å². The lowest BCUT2D eigenvalue weighted by Gasteiger charge is -2.18. The van der Waals surface area contributed by atoms with Gasteiger partial charge in [0.25, 0.3) is 0 Å². The van der Waals surface area contributed by atoms with Gasteiger partial charge in [0.1, 0.15) is 0 Å². The van der Waals surface area contributed by atoms with E-state index in [1.807, 2.05) is 36.8 Å². The molecule has 0 radical (unpaired) electrons. The number of hydrogen-bond acceptors (Lipinski definition) is 2. The zero-order chi connectivity index (χ0) is 8.85. The normalized spacial score (nSPS) is 12.3. The Balaban J connectivity index is 3.81. The van der Waals surface area contributed by atoms with Gasteiger partial charge >= 0.3 is 0 Å². The van der Waals surface area contributed by atoms with Crippen LogP contribution >= 0.6 is 11.8 Å². The molecule has 0 N–H and O–H groups in total. The molecule has 0 fully saturated rings. The predicted molar refractivity (Wildman–Crippen MR) is 54.9 cm³/mol. The van der Waals surface area contributed by atoms with Gasteiger partial charge in [-0.1, -0.05) is 12.7 Å². The van der Waals surface area contributed by atoms with Gasteiger partial charge in [-0.15, -0.1) is 6.58 Å². The standard InChI is InChI=1S/C9H17NS/c1-6-9(11-5)7-8(2)10(3)4/h6,9H,1-2,7H2,3-5H3. The minimum Gasteiger partial charge on any atom is -0.381 e. The number of allylic oxidation sites excluding steroid dienone is 1. The Morgan fingerprint density at radius 2 is 2.18 bits per heavy atom. The summed E-state index contributed by atoms with van der Waals surface area (Å²) in [6, 6.07) is 0. The summed E-state index contributed by atoms with van der Waals surface area (Å²) in [5, 5.41) is 0.505. The molecule has 0 aliphatic rings. The lowest BCUT2D eigenvalue weighted by Crippen LogP contribution is -2.13. The van der Waals surface area contributed by atoms with Crippen molar-refractivity contribution in [1.29, 1.82) is 0 Å². The third-order valence-electron chi connectivity index (χ3n) is 1.63. The predicted octanol–water partition coefficient (Wildman–Crippen LogP) is 2.37. The SMILES string of the molecule is C=CC(CC(=C)N(C)C)SC. The Morgan fingerprint density at radius 3 is 2.45 bits per heavy atom. The van der Waals surface area contributed by atoms with E-state index in [2.05, 4.69) is 19.4 Å². The molecular weight excluding hydrogens is 154 g/mol. The number of rotatable bonds is 5. The van der Waals surface area contributed by atoms with Gasteiger partial charge < -0.3 is 4.90 Å². The van der Waals surface area contributed by atoms with E-state index in [-0.39, 0.29) is 0 Å². The van der Waals surface area contributed by atoms with Crippen LogP contribution in [-0.2, 0) is 0 Å². The first-order valence-electron chi connectivity index (χ1n) is 3.62. The maximum absolute atomic E-state index is 3.95. The molecule has 64 valence electrons. The van der Waals surface area contributed by atoms with Crippen molar-refractivity contribution >= 4 is 11.8 Å². The van der Waals surface area contributed by atoms with Crippen LogP contribution in [0.1, 0.15) is 6.42 Å². The summed E-state index contributed by atoms with van der Waals surface area (Å²) in [7, 11) is 4.03. The van der Waals surface area contributed by atoms with Gasteiger partial charge in [0.05, 0.1) is 0 Å². The highest BCUT2D eigenvalue weighted by atomic mass is 32.2. The Bertz CT molecular complexity index is 140. The highest BCUT2D eigenvalue weighted by Gasteiger charge is 2.04. The topological polar surface area (TPSA) is 3.24 Å². The van der Waals surface area contributed by atoms with Crippen molar-refractivity contribution in [2.24, 2.45) is 0 Å². The Morgan fingerprint density at radius 1 is 1.64 bits per heavy atom. The van der Waals surface area contributed by atoms with Crippen molar-refractivity contribution in [3.05, 3.63) is 24.9 Å². The van der Waals surface area contributed by atoms with E-state index < -0.39 is 0 Å². The van der Waals surface area contributed by atoms with Crippen molar-refractivity contribution in [3.63, 3.8) is 0 Å². The van der Waals surface area contributed by atoms with E-state index in [0.29, 0.717) is 5.25 Å². The minimum atomic E-state index is 0.505. The van der Waals surface area contributed by atoms with Crippen LogP contribution < -0.4 is 0 Å². The van der Waals surface area contributed by atoms with E-state index >= 15 is 0 Å². The summed E-state index contributed by atoms with van der Waals surface area (Å²) in [5.41, 5.74) is 1.16. The van der Waals surface area contributed by atoms with Crippen LogP contribution in [0, 0.1) is 0 Å².